The molecule has 1 aliphatic rings. The van der Waals surface area contributed by atoms with Gasteiger partial charge in [0.1, 0.15) is 30.4 Å². The van der Waals surface area contributed by atoms with Crippen LogP contribution >= 0.6 is 11.6 Å². The zero-order valence-electron chi connectivity index (χ0n) is 23.0. The number of carbonyl (C=O) groups excluding carboxylic acids is 3. The maximum Gasteiger partial charge on any atom is 0.335 e. The minimum absolute atomic E-state index is 0.0189. The average molecular weight is 601 g/mol. The Morgan fingerprint density at radius 2 is 1.51 bits per heavy atom. The lowest BCUT2D eigenvalue weighted by atomic mass is 10.1. The number of anilines is 1. The molecule has 0 bridgehead atoms. The Morgan fingerprint density at radius 3 is 2.23 bits per heavy atom. The predicted molar refractivity (Wildman–Crippen MR) is 160 cm³/mol. The number of nitrogens with zero attached hydrogens (tertiary/aromatic N) is 1. The van der Waals surface area contributed by atoms with E-state index < -0.39 is 17.8 Å². The van der Waals surface area contributed by atoms with Gasteiger partial charge in [-0.05, 0) is 67.1 Å². The van der Waals surface area contributed by atoms with Crippen molar-refractivity contribution in [1.29, 1.82) is 0 Å². The lowest BCUT2D eigenvalue weighted by molar-refractivity contribution is -0.122. The Bertz CT molecular complexity index is 1710. The second kappa shape index (κ2) is 13.2. The van der Waals surface area contributed by atoms with Crippen LogP contribution in [-0.4, -0.2) is 24.5 Å². The topological polar surface area (TPSA) is 94.2 Å². The molecule has 1 saturated heterocycles. The first kappa shape index (κ1) is 29.3. The van der Waals surface area contributed by atoms with Crippen LogP contribution in [0, 0.1) is 5.82 Å². The molecule has 0 aromatic heterocycles. The highest BCUT2D eigenvalue weighted by Gasteiger charge is 2.36. The van der Waals surface area contributed by atoms with Crippen molar-refractivity contribution in [1.82, 2.24) is 5.32 Å². The van der Waals surface area contributed by atoms with E-state index in [1.54, 1.807) is 73.7 Å². The fraction of sp³-hybridized carbons (Fsp3) is 0.121. The number of benzene rings is 4. The van der Waals surface area contributed by atoms with Crippen LogP contribution in [0.5, 0.6) is 17.2 Å². The van der Waals surface area contributed by atoms with E-state index in [4.69, 9.17) is 25.8 Å². The van der Waals surface area contributed by atoms with E-state index in [1.165, 1.54) is 12.1 Å². The van der Waals surface area contributed by atoms with Crippen LogP contribution in [0.2, 0.25) is 5.02 Å². The summed E-state index contributed by atoms with van der Waals surface area (Å²) in [5, 5.41) is 2.79. The van der Waals surface area contributed by atoms with Crippen molar-refractivity contribution in [3.8, 4) is 17.2 Å². The molecule has 1 fully saturated rings. The zero-order valence-corrected chi connectivity index (χ0v) is 23.8. The van der Waals surface area contributed by atoms with Crippen LogP contribution in [0.15, 0.2) is 96.6 Å². The number of rotatable bonds is 10. The second-order valence-corrected chi connectivity index (χ2v) is 9.76. The number of imide groups is 2. The summed E-state index contributed by atoms with van der Waals surface area (Å²) in [5.74, 6) is -0.805. The Hall–Kier alpha value is -5.15. The molecule has 218 valence electrons. The minimum Gasteiger partial charge on any atom is -0.490 e. The Morgan fingerprint density at radius 1 is 0.814 bits per heavy atom. The van der Waals surface area contributed by atoms with Crippen molar-refractivity contribution in [2.24, 2.45) is 0 Å². The predicted octanol–water partition coefficient (Wildman–Crippen LogP) is 6.70. The highest BCUT2D eigenvalue weighted by Crippen LogP contribution is 2.31. The lowest BCUT2D eigenvalue weighted by Crippen LogP contribution is -2.54. The normalized spacial score (nSPS) is 14.1. The van der Waals surface area contributed by atoms with Gasteiger partial charge in [0.25, 0.3) is 11.8 Å². The number of amides is 4. The Labute approximate surface area is 252 Å². The summed E-state index contributed by atoms with van der Waals surface area (Å²) < 4.78 is 31.3. The van der Waals surface area contributed by atoms with Crippen molar-refractivity contribution in [3.05, 3.63) is 124 Å². The monoisotopic (exact) mass is 600 g/mol. The van der Waals surface area contributed by atoms with Gasteiger partial charge in [-0.25, -0.2) is 14.1 Å². The van der Waals surface area contributed by atoms with Gasteiger partial charge in [-0.2, -0.15) is 0 Å². The second-order valence-electron chi connectivity index (χ2n) is 9.35. The molecule has 0 unspecified atom stereocenters. The van der Waals surface area contributed by atoms with E-state index >= 15 is 0 Å². The quantitative estimate of drug-likeness (QED) is 0.161. The van der Waals surface area contributed by atoms with Gasteiger partial charge in [-0.15, -0.1) is 0 Å². The first-order chi connectivity index (χ1) is 20.8. The molecule has 0 spiro atoms. The molecule has 1 aliphatic heterocycles. The molecule has 0 aliphatic carbocycles. The third kappa shape index (κ3) is 6.85. The number of hydrogen-bond donors (Lipinski definition) is 1. The molecule has 1 heterocycles. The molecule has 8 nitrogen and oxygen atoms in total. The fourth-order valence-corrected chi connectivity index (χ4v) is 4.49. The van der Waals surface area contributed by atoms with Gasteiger partial charge < -0.3 is 14.2 Å². The molecule has 43 heavy (non-hydrogen) atoms. The molecule has 5 rings (SSSR count). The summed E-state index contributed by atoms with van der Waals surface area (Å²) in [6.45, 7) is 2.33. The van der Waals surface area contributed by atoms with E-state index in [-0.39, 0.29) is 30.3 Å². The minimum atomic E-state index is -0.871. The highest BCUT2D eigenvalue weighted by molar-refractivity contribution is 6.39. The maximum absolute atomic E-state index is 14.0. The van der Waals surface area contributed by atoms with E-state index in [2.05, 4.69) is 5.32 Å². The Balaban J connectivity index is 1.33. The lowest BCUT2D eigenvalue weighted by Gasteiger charge is -2.26. The SMILES string of the molecule is CCOc1cc(/C=C2\C(=O)NC(=O)N(c3ccc(OCc4ccccc4Cl)cc3)C2=O)ccc1OCc1ccccc1F. The molecular formula is C33H26ClFN2O6. The van der Waals surface area contributed by atoms with Crippen molar-refractivity contribution < 1.29 is 33.0 Å². The summed E-state index contributed by atoms with van der Waals surface area (Å²) >= 11 is 6.18. The van der Waals surface area contributed by atoms with E-state index in [0.29, 0.717) is 40.0 Å². The molecule has 10 heteroatoms. The number of ether oxygens (including phenoxy) is 3. The van der Waals surface area contributed by atoms with E-state index in [9.17, 15) is 18.8 Å². The van der Waals surface area contributed by atoms with Crippen LogP contribution in [-0.2, 0) is 22.8 Å². The molecular weight excluding hydrogens is 575 g/mol. The standard InChI is InChI=1S/C33H26ClFN2O6/c1-2-41-30-18-21(11-16-29(30)43-20-23-8-4-6-10-28(23)35)17-26-31(38)36-33(40)37(32(26)39)24-12-14-25(15-13-24)42-19-22-7-3-5-9-27(22)34/h3-18H,2,19-20H2,1H3,(H,36,38,40)/b26-17+. The van der Waals surface area contributed by atoms with E-state index in [1.807, 2.05) is 18.2 Å². The van der Waals surface area contributed by atoms with Crippen LogP contribution < -0.4 is 24.4 Å². The summed E-state index contributed by atoms with van der Waals surface area (Å²) in [6, 6.07) is 23.8. The Kier molecular flexibility index (Phi) is 9.02. The van der Waals surface area contributed by atoms with Gasteiger partial charge in [-0.3, -0.25) is 14.9 Å². The smallest absolute Gasteiger partial charge is 0.335 e. The first-order valence-corrected chi connectivity index (χ1v) is 13.7. The average Bonchev–Trinajstić information content (AvgIpc) is 3.00. The number of nitrogens with one attached hydrogen (secondary N) is 1. The number of carbonyl (C=O) groups is 3. The molecule has 4 aromatic carbocycles. The van der Waals surface area contributed by atoms with Crippen LogP contribution in [0.25, 0.3) is 6.08 Å². The van der Waals surface area contributed by atoms with Crippen LogP contribution in [0.1, 0.15) is 23.6 Å². The fourth-order valence-electron chi connectivity index (χ4n) is 4.30. The van der Waals surface area contributed by atoms with Crippen molar-refractivity contribution in [2.45, 2.75) is 20.1 Å². The summed E-state index contributed by atoms with van der Waals surface area (Å²) in [4.78, 5) is 39.6. The number of urea groups is 1. The van der Waals surface area contributed by atoms with E-state index in [0.717, 1.165) is 10.5 Å². The summed E-state index contributed by atoms with van der Waals surface area (Å²) in [7, 11) is 0. The van der Waals surface area contributed by atoms with Crippen molar-refractivity contribution in [2.75, 3.05) is 11.5 Å². The van der Waals surface area contributed by atoms with Gasteiger partial charge in [-0.1, -0.05) is 54.1 Å². The van der Waals surface area contributed by atoms with Gasteiger partial charge >= 0.3 is 6.03 Å². The van der Waals surface area contributed by atoms with Crippen molar-refractivity contribution in [3.63, 3.8) is 0 Å². The maximum atomic E-state index is 14.0. The molecule has 0 radical (unpaired) electrons. The highest BCUT2D eigenvalue weighted by atomic mass is 35.5. The van der Waals surface area contributed by atoms with Crippen LogP contribution in [0.3, 0.4) is 0 Å². The number of halogens is 2. The molecule has 0 atom stereocenters. The molecule has 4 aromatic rings. The van der Waals surface area contributed by atoms with Gasteiger partial charge in [0, 0.05) is 16.1 Å². The largest absolute Gasteiger partial charge is 0.490 e. The zero-order chi connectivity index (χ0) is 30.3. The van der Waals surface area contributed by atoms with Crippen molar-refractivity contribution >= 4 is 41.2 Å². The summed E-state index contributed by atoms with van der Waals surface area (Å²) in [5.41, 5.74) is 1.65. The number of barbiturate groups is 1. The van der Waals surface area contributed by atoms with Gasteiger partial charge in [0.15, 0.2) is 11.5 Å². The summed E-state index contributed by atoms with van der Waals surface area (Å²) in [6.07, 6.45) is 1.36. The molecule has 4 amide bonds. The first-order valence-electron chi connectivity index (χ1n) is 13.3. The van der Waals surface area contributed by atoms with Gasteiger partial charge in [0.05, 0.1) is 12.3 Å². The third-order valence-electron chi connectivity index (χ3n) is 6.47. The molecule has 1 N–H and O–H groups in total. The van der Waals surface area contributed by atoms with Crippen LogP contribution in [0.4, 0.5) is 14.9 Å². The van der Waals surface area contributed by atoms with Gasteiger partial charge in [0.2, 0.25) is 0 Å². The number of hydrogen-bond acceptors (Lipinski definition) is 6. The third-order valence-corrected chi connectivity index (χ3v) is 6.84. The molecule has 0 saturated carbocycles.